The summed E-state index contributed by atoms with van der Waals surface area (Å²) >= 11 is 0. The molecule has 8 nitrogen and oxygen atoms in total. The van der Waals surface area contributed by atoms with Crippen molar-refractivity contribution in [3.8, 4) is 28.6 Å². The van der Waals surface area contributed by atoms with Crippen molar-refractivity contribution in [3.05, 3.63) is 48.4 Å². The van der Waals surface area contributed by atoms with Crippen molar-refractivity contribution >= 4 is 11.6 Å². The van der Waals surface area contributed by atoms with E-state index in [2.05, 4.69) is 10.1 Å². The summed E-state index contributed by atoms with van der Waals surface area (Å²) in [5.74, 6) is 2.59. The standard InChI is InChI=1S/C22H23N3O5/c1-4-29-19-8-6-5-7-18(19)25-13-15(11-20(25)26)22-23-21(24-30-22)14-9-16(27-2)12-17(10-14)28-3/h5-10,12,15H,4,11,13H2,1-3H3. The Morgan fingerprint density at radius 2 is 1.87 bits per heavy atom. The smallest absolute Gasteiger partial charge is 0.232 e. The molecule has 1 atom stereocenters. The molecule has 3 aromatic rings. The van der Waals surface area contributed by atoms with Crippen molar-refractivity contribution in [2.45, 2.75) is 19.3 Å². The quantitative estimate of drug-likeness (QED) is 0.588. The number of rotatable bonds is 7. The van der Waals surface area contributed by atoms with E-state index in [1.54, 1.807) is 25.2 Å². The molecule has 4 rings (SSSR count). The van der Waals surface area contributed by atoms with Crippen molar-refractivity contribution in [1.82, 2.24) is 10.1 Å². The van der Waals surface area contributed by atoms with E-state index in [9.17, 15) is 4.79 Å². The molecular formula is C22H23N3O5. The van der Waals surface area contributed by atoms with Crippen LogP contribution in [0.2, 0.25) is 0 Å². The molecule has 0 spiro atoms. The summed E-state index contributed by atoms with van der Waals surface area (Å²) in [7, 11) is 3.16. The van der Waals surface area contributed by atoms with E-state index in [1.165, 1.54) is 0 Å². The Morgan fingerprint density at radius 1 is 1.13 bits per heavy atom. The second kappa shape index (κ2) is 8.44. The Hall–Kier alpha value is -3.55. The largest absolute Gasteiger partial charge is 0.497 e. The molecule has 0 aliphatic carbocycles. The molecule has 1 fully saturated rings. The van der Waals surface area contributed by atoms with Gasteiger partial charge in [0, 0.05) is 24.6 Å². The van der Waals surface area contributed by atoms with Crippen molar-refractivity contribution < 1.29 is 23.5 Å². The van der Waals surface area contributed by atoms with Crippen molar-refractivity contribution in [3.63, 3.8) is 0 Å². The zero-order valence-corrected chi connectivity index (χ0v) is 17.1. The third-order valence-corrected chi connectivity index (χ3v) is 4.98. The summed E-state index contributed by atoms with van der Waals surface area (Å²) in [6.45, 7) is 2.89. The Kier molecular flexibility index (Phi) is 5.56. The number of benzene rings is 2. The number of carbonyl (C=O) groups excluding carboxylic acids is 1. The fourth-order valence-electron chi connectivity index (χ4n) is 3.52. The first-order chi connectivity index (χ1) is 14.6. The van der Waals surface area contributed by atoms with Gasteiger partial charge in [-0.25, -0.2) is 0 Å². The first kappa shape index (κ1) is 19.8. The number of ether oxygens (including phenoxy) is 3. The fourth-order valence-corrected chi connectivity index (χ4v) is 3.52. The summed E-state index contributed by atoms with van der Waals surface area (Å²) in [6, 6.07) is 12.9. The Balaban J connectivity index is 1.58. The lowest BCUT2D eigenvalue weighted by Crippen LogP contribution is -2.25. The van der Waals surface area contributed by atoms with E-state index in [0.29, 0.717) is 54.1 Å². The first-order valence-corrected chi connectivity index (χ1v) is 9.72. The van der Waals surface area contributed by atoms with E-state index >= 15 is 0 Å². The second-order valence-corrected chi connectivity index (χ2v) is 6.86. The van der Waals surface area contributed by atoms with Gasteiger partial charge in [-0.2, -0.15) is 4.98 Å². The number of aromatic nitrogens is 2. The molecule has 1 saturated heterocycles. The molecule has 1 unspecified atom stereocenters. The van der Waals surface area contributed by atoms with Crippen molar-refractivity contribution in [2.24, 2.45) is 0 Å². The third-order valence-electron chi connectivity index (χ3n) is 4.98. The Bertz CT molecular complexity index is 1030. The van der Waals surface area contributed by atoms with Crippen LogP contribution in [0.3, 0.4) is 0 Å². The number of methoxy groups -OCH3 is 2. The SMILES string of the molecule is CCOc1ccccc1N1CC(c2nc(-c3cc(OC)cc(OC)c3)no2)CC1=O. The lowest BCUT2D eigenvalue weighted by atomic mass is 10.1. The maximum absolute atomic E-state index is 12.7. The molecule has 30 heavy (non-hydrogen) atoms. The van der Waals surface area contributed by atoms with Crippen LogP contribution in [-0.2, 0) is 4.79 Å². The first-order valence-electron chi connectivity index (χ1n) is 9.72. The van der Waals surface area contributed by atoms with E-state index < -0.39 is 0 Å². The molecule has 1 aromatic heterocycles. The monoisotopic (exact) mass is 409 g/mol. The van der Waals surface area contributed by atoms with Crippen molar-refractivity contribution in [1.29, 1.82) is 0 Å². The van der Waals surface area contributed by atoms with E-state index in [0.717, 1.165) is 5.69 Å². The maximum atomic E-state index is 12.7. The Labute approximate surface area is 174 Å². The zero-order valence-electron chi connectivity index (χ0n) is 17.1. The number of hydrogen-bond donors (Lipinski definition) is 0. The number of hydrogen-bond acceptors (Lipinski definition) is 7. The molecule has 0 N–H and O–H groups in total. The lowest BCUT2D eigenvalue weighted by Gasteiger charge is -2.19. The van der Waals surface area contributed by atoms with Gasteiger partial charge in [-0.05, 0) is 31.2 Å². The molecular weight excluding hydrogens is 386 g/mol. The number of nitrogens with zero attached hydrogens (tertiary/aromatic N) is 3. The highest BCUT2D eigenvalue weighted by Crippen LogP contribution is 2.37. The van der Waals surface area contributed by atoms with Gasteiger partial charge < -0.3 is 23.6 Å². The molecule has 0 bridgehead atoms. The summed E-state index contributed by atoms with van der Waals surface area (Å²) in [4.78, 5) is 19.0. The summed E-state index contributed by atoms with van der Waals surface area (Å²) in [5, 5.41) is 4.10. The highest BCUT2D eigenvalue weighted by atomic mass is 16.5. The van der Waals surface area contributed by atoms with Crippen LogP contribution in [0.5, 0.6) is 17.2 Å². The van der Waals surface area contributed by atoms with E-state index in [1.807, 2.05) is 43.3 Å². The fraction of sp³-hybridized carbons (Fsp3) is 0.318. The minimum atomic E-state index is -0.194. The number of carbonyl (C=O) groups is 1. The maximum Gasteiger partial charge on any atom is 0.232 e. The second-order valence-electron chi connectivity index (χ2n) is 6.86. The average molecular weight is 409 g/mol. The van der Waals surface area contributed by atoms with Gasteiger partial charge in [-0.3, -0.25) is 4.79 Å². The van der Waals surface area contributed by atoms with Crippen LogP contribution < -0.4 is 19.1 Å². The molecule has 2 heterocycles. The van der Waals surface area contributed by atoms with Gasteiger partial charge in [-0.15, -0.1) is 0 Å². The molecule has 0 radical (unpaired) electrons. The van der Waals surface area contributed by atoms with Crippen LogP contribution in [0.25, 0.3) is 11.4 Å². The normalized spacial score (nSPS) is 16.0. The average Bonchev–Trinajstić information content (AvgIpc) is 3.41. The van der Waals surface area contributed by atoms with E-state index in [4.69, 9.17) is 18.7 Å². The molecule has 8 heteroatoms. The van der Waals surface area contributed by atoms with Crippen LogP contribution in [-0.4, -0.2) is 43.4 Å². The number of amides is 1. The molecule has 1 amide bonds. The number of anilines is 1. The van der Waals surface area contributed by atoms with Crippen molar-refractivity contribution in [2.75, 3.05) is 32.3 Å². The summed E-state index contributed by atoms with van der Waals surface area (Å²) in [6.07, 6.45) is 0.295. The van der Waals surface area contributed by atoms with Gasteiger partial charge in [0.15, 0.2) is 0 Å². The minimum Gasteiger partial charge on any atom is -0.497 e. The summed E-state index contributed by atoms with van der Waals surface area (Å²) in [5.41, 5.74) is 1.47. The predicted molar refractivity (Wildman–Crippen MR) is 110 cm³/mol. The van der Waals surface area contributed by atoms with Gasteiger partial charge in [0.05, 0.1) is 32.4 Å². The molecule has 2 aromatic carbocycles. The zero-order chi connectivity index (χ0) is 21.1. The van der Waals surface area contributed by atoms with Crippen LogP contribution in [0, 0.1) is 0 Å². The molecule has 0 saturated carbocycles. The molecule has 156 valence electrons. The highest BCUT2D eigenvalue weighted by molar-refractivity contribution is 5.97. The predicted octanol–water partition coefficient (Wildman–Crippen LogP) is 3.67. The number of para-hydroxylation sites is 2. The van der Waals surface area contributed by atoms with Gasteiger partial charge in [0.2, 0.25) is 17.6 Å². The van der Waals surface area contributed by atoms with Gasteiger partial charge in [0.1, 0.15) is 17.2 Å². The van der Waals surface area contributed by atoms with Gasteiger partial charge >= 0.3 is 0 Å². The minimum absolute atomic E-state index is 0.00467. The lowest BCUT2D eigenvalue weighted by molar-refractivity contribution is -0.117. The topological polar surface area (TPSA) is 86.9 Å². The van der Waals surface area contributed by atoms with Gasteiger partial charge in [-0.1, -0.05) is 17.3 Å². The summed E-state index contributed by atoms with van der Waals surface area (Å²) < 4.78 is 21.8. The van der Waals surface area contributed by atoms with Gasteiger partial charge in [0.25, 0.3) is 0 Å². The van der Waals surface area contributed by atoms with Crippen LogP contribution in [0.4, 0.5) is 5.69 Å². The third kappa shape index (κ3) is 3.80. The molecule has 1 aliphatic heterocycles. The van der Waals surface area contributed by atoms with Crippen LogP contribution in [0.15, 0.2) is 47.0 Å². The van der Waals surface area contributed by atoms with Crippen LogP contribution in [0.1, 0.15) is 25.2 Å². The van der Waals surface area contributed by atoms with E-state index in [-0.39, 0.29) is 11.8 Å². The Morgan fingerprint density at radius 3 is 2.57 bits per heavy atom. The molecule has 1 aliphatic rings. The highest BCUT2D eigenvalue weighted by Gasteiger charge is 2.36. The van der Waals surface area contributed by atoms with Crippen LogP contribution >= 0.6 is 0 Å².